The molecule has 1 aliphatic carbocycles. The molecule has 1 aromatic heterocycles. The Hall–Kier alpha value is -0.600. The standard InChI is InChI=1S/C16H25ClN2/c1-3-9-19-15(16(2)7-4-5-8-16)11-13-6-10-18-12-14(13)17/h6,10,12,15,19H,3-5,7-9,11H2,1-2H3. The Morgan fingerprint density at radius 1 is 1.42 bits per heavy atom. The first-order chi connectivity index (χ1) is 9.15. The molecule has 1 fully saturated rings. The summed E-state index contributed by atoms with van der Waals surface area (Å²) >= 11 is 6.26. The fourth-order valence-corrected chi connectivity index (χ4v) is 3.40. The van der Waals surface area contributed by atoms with Crippen molar-refractivity contribution in [1.82, 2.24) is 10.3 Å². The molecule has 0 amide bonds. The van der Waals surface area contributed by atoms with E-state index in [2.05, 4.69) is 30.2 Å². The molecule has 0 saturated heterocycles. The molecule has 0 aliphatic heterocycles. The zero-order chi connectivity index (χ0) is 13.7. The topological polar surface area (TPSA) is 24.9 Å². The zero-order valence-corrected chi connectivity index (χ0v) is 12.8. The maximum absolute atomic E-state index is 6.26. The van der Waals surface area contributed by atoms with Crippen molar-refractivity contribution in [2.75, 3.05) is 6.54 Å². The predicted octanol–water partition coefficient (Wildman–Crippen LogP) is 4.23. The van der Waals surface area contributed by atoms with E-state index in [-0.39, 0.29) is 0 Å². The molecule has 1 unspecified atom stereocenters. The second-order valence-electron chi connectivity index (χ2n) is 6.04. The van der Waals surface area contributed by atoms with E-state index < -0.39 is 0 Å². The molecule has 0 bridgehead atoms. The molecular weight excluding hydrogens is 256 g/mol. The molecule has 1 atom stereocenters. The van der Waals surface area contributed by atoms with Crippen molar-refractivity contribution < 1.29 is 0 Å². The normalized spacial score (nSPS) is 19.5. The average Bonchev–Trinajstić information content (AvgIpc) is 2.84. The predicted molar refractivity (Wildman–Crippen MR) is 81.6 cm³/mol. The second-order valence-corrected chi connectivity index (χ2v) is 6.45. The van der Waals surface area contributed by atoms with Crippen LogP contribution in [0.4, 0.5) is 0 Å². The molecule has 0 radical (unpaired) electrons. The van der Waals surface area contributed by atoms with Crippen LogP contribution in [-0.2, 0) is 6.42 Å². The second kappa shape index (κ2) is 6.71. The van der Waals surface area contributed by atoms with Gasteiger partial charge in [0.1, 0.15) is 0 Å². The molecule has 1 N–H and O–H groups in total. The van der Waals surface area contributed by atoms with Crippen molar-refractivity contribution in [2.45, 2.75) is 58.4 Å². The summed E-state index contributed by atoms with van der Waals surface area (Å²) < 4.78 is 0. The number of hydrogen-bond acceptors (Lipinski definition) is 2. The molecule has 1 aromatic rings. The molecule has 2 rings (SSSR count). The van der Waals surface area contributed by atoms with Gasteiger partial charge in [-0.2, -0.15) is 0 Å². The molecule has 2 nitrogen and oxygen atoms in total. The third-order valence-corrected chi connectivity index (χ3v) is 4.85. The van der Waals surface area contributed by atoms with Gasteiger partial charge in [-0.05, 0) is 49.3 Å². The summed E-state index contributed by atoms with van der Waals surface area (Å²) in [7, 11) is 0. The van der Waals surface area contributed by atoms with Crippen molar-refractivity contribution in [3.05, 3.63) is 29.0 Å². The number of halogens is 1. The van der Waals surface area contributed by atoms with Gasteiger partial charge in [-0.25, -0.2) is 0 Å². The van der Waals surface area contributed by atoms with Gasteiger partial charge in [0, 0.05) is 18.4 Å². The average molecular weight is 281 g/mol. The minimum absolute atomic E-state index is 0.418. The van der Waals surface area contributed by atoms with E-state index in [4.69, 9.17) is 11.6 Å². The third kappa shape index (κ3) is 3.70. The highest BCUT2D eigenvalue weighted by Crippen LogP contribution is 2.41. The Labute approximate surface area is 122 Å². The highest BCUT2D eigenvalue weighted by Gasteiger charge is 2.36. The molecule has 1 heterocycles. The number of nitrogens with one attached hydrogen (secondary N) is 1. The molecule has 19 heavy (non-hydrogen) atoms. The van der Waals surface area contributed by atoms with E-state index in [1.54, 1.807) is 6.20 Å². The van der Waals surface area contributed by atoms with Crippen LogP contribution < -0.4 is 5.32 Å². The number of nitrogens with zero attached hydrogens (tertiary/aromatic N) is 1. The lowest BCUT2D eigenvalue weighted by Gasteiger charge is -2.35. The fraction of sp³-hybridized carbons (Fsp3) is 0.688. The van der Waals surface area contributed by atoms with Crippen LogP contribution in [0, 0.1) is 5.41 Å². The highest BCUT2D eigenvalue weighted by molar-refractivity contribution is 6.31. The van der Waals surface area contributed by atoms with Gasteiger partial charge in [0.05, 0.1) is 5.02 Å². The van der Waals surface area contributed by atoms with E-state index in [0.717, 1.165) is 18.0 Å². The Morgan fingerprint density at radius 2 is 2.16 bits per heavy atom. The van der Waals surface area contributed by atoms with Crippen LogP contribution in [0.5, 0.6) is 0 Å². The summed E-state index contributed by atoms with van der Waals surface area (Å²) in [5.41, 5.74) is 1.64. The quantitative estimate of drug-likeness (QED) is 0.844. The number of hydrogen-bond donors (Lipinski definition) is 1. The fourth-order valence-electron chi connectivity index (χ4n) is 3.20. The first-order valence-corrected chi connectivity index (χ1v) is 7.85. The Balaban J connectivity index is 2.11. The summed E-state index contributed by atoms with van der Waals surface area (Å²) in [5, 5.41) is 4.55. The summed E-state index contributed by atoms with van der Waals surface area (Å²) in [6.45, 7) is 5.74. The molecule has 0 aromatic carbocycles. The Morgan fingerprint density at radius 3 is 2.79 bits per heavy atom. The van der Waals surface area contributed by atoms with Crippen LogP contribution in [0.1, 0.15) is 51.5 Å². The summed E-state index contributed by atoms with van der Waals surface area (Å²) in [6.07, 6.45) is 11.2. The molecule has 1 saturated carbocycles. The van der Waals surface area contributed by atoms with Crippen LogP contribution in [0.2, 0.25) is 5.02 Å². The van der Waals surface area contributed by atoms with Crippen LogP contribution in [0.25, 0.3) is 0 Å². The number of rotatable bonds is 6. The van der Waals surface area contributed by atoms with Gasteiger partial charge >= 0.3 is 0 Å². The minimum Gasteiger partial charge on any atom is -0.313 e. The minimum atomic E-state index is 0.418. The van der Waals surface area contributed by atoms with Crippen molar-refractivity contribution in [3.63, 3.8) is 0 Å². The summed E-state index contributed by atoms with van der Waals surface area (Å²) in [5.74, 6) is 0. The van der Waals surface area contributed by atoms with Gasteiger partial charge in [0.2, 0.25) is 0 Å². The van der Waals surface area contributed by atoms with E-state index in [0.29, 0.717) is 11.5 Å². The van der Waals surface area contributed by atoms with Gasteiger partial charge in [0.15, 0.2) is 0 Å². The van der Waals surface area contributed by atoms with Crippen LogP contribution in [-0.4, -0.2) is 17.6 Å². The summed E-state index contributed by atoms with van der Waals surface area (Å²) in [4.78, 5) is 4.08. The molecule has 1 aliphatic rings. The first kappa shape index (κ1) is 14.8. The van der Waals surface area contributed by atoms with Crippen molar-refractivity contribution >= 4 is 11.6 Å². The van der Waals surface area contributed by atoms with Crippen molar-refractivity contribution in [2.24, 2.45) is 5.41 Å². The maximum atomic E-state index is 6.26. The Bertz CT molecular complexity index is 399. The summed E-state index contributed by atoms with van der Waals surface area (Å²) in [6, 6.07) is 2.58. The van der Waals surface area contributed by atoms with E-state index in [1.807, 2.05) is 6.20 Å². The third-order valence-electron chi connectivity index (χ3n) is 4.51. The molecular formula is C16H25ClN2. The first-order valence-electron chi connectivity index (χ1n) is 7.47. The smallest absolute Gasteiger partial charge is 0.0621 e. The van der Waals surface area contributed by atoms with Gasteiger partial charge in [-0.15, -0.1) is 0 Å². The van der Waals surface area contributed by atoms with Crippen LogP contribution >= 0.6 is 11.6 Å². The number of aromatic nitrogens is 1. The lowest BCUT2D eigenvalue weighted by atomic mass is 9.78. The van der Waals surface area contributed by atoms with Gasteiger partial charge in [-0.1, -0.05) is 38.3 Å². The molecule has 3 heteroatoms. The maximum Gasteiger partial charge on any atom is 0.0621 e. The Kier molecular flexibility index (Phi) is 5.23. The lowest BCUT2D eigenvalue weighted by Crippen LogP contribution is -2.44. The monoisotopic (exact) mass is 280 g/mol. The van der Waals surface area contributed by atoms with Crippen molar-refractivity contribution in [3.8, 4) is 0 Å². The highest BCUT2D eigenvalue weighted by atomic mass is 35.5. The van der Waals surface area contributed by atoms with Gasteiger partial charge in [-0.3, -0.25) is 4.98 Å². The molecule has 0 spiro atoms. The molecule has 106 valence electrons. The van der Waals surface area contributed by atoms with Crippen LogP contribution in [0.3, 0.4) is 0 Å². The SMILES string of the molecule is CCCNC(Cc1ccncc1Cl)C1(C)CCCC1. The van der Waals surface area contributed by atoms with E-state index >= 15 is 0 Å². The zero-order valence-electron chi connectivity index (χ0n) is 12.1. The lowest BCUT2D eigenvalue weighted by molar-refractivity contribution is 0.219. The van der Waals surface area contributed by atoms with Gasteiger partial charge < -0.3 is 5.32 Å². The van der Waals surface area contributed by atoms with E-state index in [1.165, 1.54) is 37.7 Å². The number of pyridine rings is 1. The van der Waals surface area contributed by atoms with E-state index in [9.17, 15) is 0 Å². The van der Waals surface area contributed by atoms with Crippen molar-refractivity contribution in [1.29, 1.82) is 0 Å². The van der Waals surface area contributed by atoms with Crippen LogP contribution in [0.15, 0.2) is 18.5 Å². The van der Waals surface area contributed by atoms with Gasteiger partial charge in [0.25, 0.3) is 0 Å². The largest absolute Gasteiger partial charge is 0.313 e.